The molecule has 0 fully saturated rings. The molecule has 3 aromatic rings. The van der Waals surface area contributed by atoms with E-state index in [2.05, 4.69) is 5.32 Å². The van der Waals surface area contributed by atoms with Crippen molar-refractivity contribution in [2.24, 2.45) is 0 Å². The maximum atomic E-state index is 13.5. The van der Waals surface area contributed by atoms with Gasteiger partial charge < -0.3 is 5.32 Å². The largest absolute Gasteiger partial charge is 0.348 e. The Bertz CT molecular complexity index is 1380. The summed E-state index contributed by atoms with van der Waals surface area (Å²) in [4.78, 5) is 13.2. The number of sulfonamides is 1. The Morgan fingerprint density at radius 1 is 0.853 bits per heavy atom. The zero-order valence-corrected chi connectivity index (χ0v) is 21.2. The first-order valence-corrected chi connectivity index (χ1v) is 14.0. The number of anilines is 1. The highest BCUT2D eigenvalue weighted by Crippen LogP contribution is 2.25. The molecule has 0 aliphatic carbocycles. The van der Waals surface area contributed by atoms with Crippen LogP contribution in [0.2, 0.25) is 0 Å². The predicted octanol–water partition coefficient (Wildman–Crippen LogP) is 3.78. The van der Waals surface area contributed by atoms with Crippen LogP contribution in [0, 0.1) is 13.8 Å². The number of benzene rings is 3. The second-order valence-corrected chi connectivity index (χ2v) is 12.2. The Morgan fingerprint density at radius 3 is 2.00 bits per heavy atom. The standard InChI is InChI=1S/C25H28N2O5S2/c1-18-8-12-24(13-9-18)34(31,32)27(22-7-5-6-19(2)16-22)17-25(28)26-20(3)21-10-14-23(15-11-21)33(4,29)30/h5-16,20H,17H2,1-4H3,(H,26,28)/t20-/m1/s1. The fraction of sp³-hybridized carbons (Fsp3) is 0.240. The third kappa shape index (κ3) is 6.03. The molecule has 0 unspecified atom stereocenters. The fourth-order valence-electron chi connectivity index (χ4n) is 3.44. The Morgan fingerprint density at radius 2 is 1.44 bits per heavy atom. The van der Waals surface area contributed by atoms with E-state index in [0.717, 1.165) is 21.7 Å². The summed E-state index contributed by atoms with van der Waals surface area (Å²) in [5.74, 6) is -0.489. The van der Waals surface area contributed by atoms with Crippen molar-refractivity contribution in [1.82, 2.24) is 5.32 Å². The van der Waals surface area contributed by atoms with Crippen LogP contribution in [0.3, 0.4) is 0 Å². The van der Waals surface area contributed by atoms with Crippen LogP contribution in [0.4, 0.5) is 5.69 Å². The molecule has 3 aromatic carbocycles. The Balaban J connectivity index is 1.86. The van der Waals surface area contributed by atoms with Crippen molar-refractivity contribution in [2.75, 3.05) is 17.1 Å². The first-order valence-electron chi connectivity index (χ1n) is 10.6. The van der Waals surface area contributed by atoms with Gasteiger partial charge in [-0.15, -0.1) is 0 Å². The maximum Gasteiger partial charge on any atom is 0.264 e. The van der Waals surface area contributed by atoms with Gasteiger partial charge in [-0.25, -0.2) is 16.8 Å². The van der Waals surface area contributed by atoms with Gasteiger partial charge in [-0.1, -0.05) is 42.0 Å². The zero-order chi connectivity index (χ0) is 25.1. The normalized spacial score (nSPS) is 12.7. The van der Waals surface area contributed by atoms with Crippen molar-refractivity contribution < 1.29 is 21.6 Å². The minimum atomic E-state index is -4.00. The number of amides is 1. The second-order valence-electron chi connectivity index (χ2n) is 8.29. The van der Waals surface area contributed by atoms with Gasteiger partial charge in [0.2, 0.25) is 5.91 Å². The number of carbonyl (C=O) groups is 1. The molecule has 3 rings (SSSR count). The summed E-state index contributed by atoms with van der Waals surface area (Å²) in [7, 11) is -7.32. The smallest absolute Gasteiger partial charge is 0.264 e. The highest BCUT2D eigenvalue weighted by atomic mass is 32.2. The molecule has 0 radical (unpaired) electrons. The van der Waals surface area contributed by atoms with E-state index < -0.39 is 38.4 Å². The van der Waals surface area contributed by atoms with Crippen molar-refractivity contribution >= 4 is 31.5 Å². The molecule has 1 amide bonds. The van der Waals surface area contributed by atoms with Crippen molar-refractivity contribution in [3.05, 3.63) is 89.5 Å². The lowest BCUT2D eigenvalue weighted by molar-refractivity contribution is -0.120. The van der Waals surface area contributed by atoms with Gasteiger partial charge in [0.1, 0.15) is 6.54 Å². The number of rotatable bonds is 8. The molecular formula is C25H28N2O5S2. The van der Waals surface area contributed by atoms with Gasteiger partial charge in [0.25, 0.3) is 10.0 Å². The number of hydrogen-bond acceptors (Lipinski definition) is 5. The molecule has 0 saturated heterocycles. The van der Waals surface area contributed by atoms with Gasteiger partial charge in [0, 0.05) is 6.26 Å². The first-order chi connectivity index (χ1) is 15.9. The van der Waals surface area contributed by atoms with Crippen LogP contribution in [-0.2, 0) is 24.7 Å². The highest BCUT2D eigenvalue weighted by molar-refractivity contribution is 7.93. The molecule has 1 N–H and O–H groups in total. The molecule has 1 atom stereocenters. The lowest BCUT2D eigenvalue weighted by Gasteiger charge is -2.25. The monoisotopic (exact) mass is 500 g/mol. The third-order valence-corrected chi connectivity index (χ3v) is 8.29. The molecule has 0 bridgehead atoms. The molecular weight excluding hydrogens is 472 g/mol. The van der Waals surface area contributed by atoms with Crippen LogP contribution < -0.4 is 9.62 Å². The maximum absolute atomic E-state index is 13.5. The van der Waals surface area contributed by atoms with E-state index in [9.17, 15) is 21.6 Å². The number of nitrogens with one attached hydrogen (secondary N) is 1. The molecule has 0 spiro atoms. The zero-order valence-electron chi connectivity index (χ0n) is 19.5. The van der Waals surface area contributed by atoms with Crippen LogP contribution in [-0.4, -0.2) is 35.5 Å². The van der Waals surface area contributed by atoms with E-state index >= 15 is 0 Å². The van der Waals surface area contributed by atoms with Crippen molar-refractivity contribution in [2.45, 2.75) is 36.6 Å². The van der Waals surface area contributed by atoms with Gasteiger partial charge in [0.05, 0.1) is 21.5 Å². The van der Waals surface area contributed by atoms with Crippen molar-refractivity contribution in [3.8, 4) is 0 Å². The predicted molar refractivity (Wildman–Crippen MR) is 133 cm³/mol. The molecule has 0 aliphatic rings. The van der Waals surface area contributed by atoms with Gasteiger partial charge in [-0.3, -0.25) is 9.10 Å². The van der Waals surface area contributed by atoms with E-state index in [1.807, 2.05) is 19.9 Å². The average molecular weight is 501 g/mol. The van der Waals surface area contributed by atoms with Crippen LogP contribution in [0.1, 0.15) is 29.7 Å². The third-order valence-electron chi connectivity index (χ3n) is 5.37. The quantitative estimate of drug-likeness (QED) is 0.507. The van der Waals surface area contributed by atoms with Gasteiger partial charge in [0.15, 0.2) is 9.84 Å². The molecule has 0 saturated carbocycles. The first kappa shape index (κ1) is 25.5. The summed E-state index contributed by atoms with van der Waals surface area (Å²) in [5, 5.41) is 2.81. The molecule has 0 aromatic heterocycles. The van der Waals surface area contributed by atoms with Gasteiger partial charge in [-0.05, 0) is 68.3 Å². The lowest BCUT2D eigenvalue weighted by Crippen LogP contribution is -2.41. The van der Waals surface area contributed by atoms with Crippen molar-refractivity contribution in [1.29, 1.82) is 0 Å². The minimum absolute atomic E-state index is 0.0943. The number of sulfone groups is 1. The SMILES string of the molecule is Cc1ccc(S(=O)(=O)N(CC(=O)N[C@H](C)c2ccc(S(C)(=O)=O)cc2)c2cccc(C)c2)cc1. The van der Waals surface area contributed by atoms with Crippen molar-refractivity contribution in [3.63, 3.8) is 0 Å². The molecule has 7 nitrogen and oxygen atoms in total. The highest BCUT2D eigenvalue weighted by Gasteiger charge is 2.28. The van der Waals surface area contributed by atoms with Gasteiger partial charge >= 0.3 is 0 Å². The van der Waals surface area contributed by atoms with E-state index in [-0.39, 0.29) is 9.79 Å². The Hall–Kier alpha value is -3.17. The number of nitrogens with zero attached hydrogens (tertiary/aromatic N) is 1. The number of hydrogen-bond donors (Lipinski definition) is 1. The summed E-state index contributed by atoms with van der Waals surface area (Å²) in [5.41, 5.74) is 2.88. The summed E-state index contributed by atoms with van der Waals surface area (Å²) in [6, 6.07) is 19.2. The second kappa shape index (κ2) is 9.99. The molecule has 180 valence electrons. The topological polar surface area (TPSA) is 101 Å². The molecule has 0 heterocycles. The summed E-state index contributed by atoms with van der Waals surface area (Å²) < 4.78 is 51.4. The Kier molecular flexibility index (Phi) is 7.48. The fourth-order valence-corrected chi connectivity index (χ4v) is 5.48. The molecule has 9 heteroatoms. The van der Waals surface area contributed by atoms with Crippen LogP contribution >= 0.6 is 0 Å². The lowest BCUT2D eigenvalue weighted by atomic mass is 10.1. The average Bonchev–Trinajstić information content (AvgIpc) is 2.77. The summed E-state index contributed by atoms with van der Waals surface area (Å²) in [6.07, 6.45) is 1.13. The summed E-state index contributed by atoms with van der Waals surface area (Å²) in [6.45, 7) is 5.05. The van der Waals surface area contributed by atoms with Crippen LogP contribution in [0.15, 0.2) is 82.6 Å². The Labute approximate surface area is 201 Å². The number of aryl methyl sites for hydroxylation is 2. The van der Waals surface area contributed by atoms with E-state index in [0.29, 0.717) is 11.3 Å². The van der Waals surface area contributed by atoms with Crippen LogP contribution in [0.25, 0.3) is 0 Å². The number of carbonyl (C=O) groups excluding carboxylic acids is 1. The molecule has 34 heavy (non-hydrogen) atoms. The van der Waals surface area contributed by atoms with E-state index in [1.165, 1.54) is 24.3 Å². The van der Waals surface area contributed by atoms with Gasteiger partial charge in [-0.2, -0.15) is 0 Å². The summed E-state index contributed by atoms with van der Waals surface area (Å²) >= 11 is 0. The minimum Gasteiger partial charge on any atom is -0.348 e. The van der Waals surface area contributed by atoms with E-state index in [4.69, 9.17) is 0 Å². The van der Waals surface area contributed by atoms with Crippen LogP contribution in [0.5, 0.6) is 0 Å². The molecule has 0 aliphatic heterocycles. The van der Waals surface area contributed by atoms with E-state index in [1.54, 1.807) is 49.4 Å².